The van der Waals surface area contributed by atoms with Gasteiger partial charge in [-0.3, -0.25) is 4.79 Å². The summed E-state index contributed by atoms with van der Waals surface area (Å²) in [6, 6.07) is 7.20. The predicted octanol–water partition coefficient (Wildman–Crippen LogP) is 2.03. The third-order valence-corrected chi connectivity index (χ3v) is 3.04. The molecule has 0 radical (unpaired) electrons. The lowest BCUT2D eigenvalue weighted by Crippen LogP contribution is -2.53. The number of nitrogens with two attached hydrogens (primary N) is 1. The fourth-order valence-electron chi connectivity index (χ4n) is 1.60. The topological polar surface area (TPSA) is 64.3 Å². The highest BCUT2D eigenvalue weighted by Crippen LogP contribution is 2.26. The fourth-order valence-corrected chi connectivity index (χ4v) is 1.78. The van der Waals surface area contributed by atoms with Crippen LogP contribution in [0.5, 0.6) is 0 Å². The average molecular weight is 257 g/mol. The van der Waals surface area contributed by atoms with Crippen LogP contribution in [0, 0.1) is 0 Å². The van der Waals surface area contributed by atoms with E-state index in [0.29, 0.717) is 17.1 Å². The Hall–Kier alpha value is -1.26. The monoisotopic (exact) mass is 256 g/mol. The number of primary amides is 1. The first kappa shape index (κ1) is 13.8. The third kappa shape index (κ3) is 3.11. The summed E-state index contributed by atoms with van der Waals surface area (Å²) < 4.78 is 5.07. The highest BCUT2D eigenvalue weighted by molar-refractivity contribution is 6.33. The molecule has 0 aliphatic carbocycles. The standard InChI is InChI=1S/C12H17ClN2O2/c1-3-12(8-17-2,11(14)16)15-10-7-5-4-6-9(10)13/h4-7,15H,3,8H2,1-2H3,(H2,14,16). The molecule has 1 aromatic rings. The van der Waals surface area contributed by atoms with Crippen LogP contribution in [0.4, 0.5) is 5.69 Å². The Balaban J connectivity index is 3.01. The van der Waals surface area contributed by atoms with Gasteiger partial charge < -0.3 is 15.8 Å². The molecule has 3 N–H and O–H groups in total. The molecule has 0 fully saturated rings. The molecule has 0 saturated carbocycles. The van der Waals surface area contributed by atoms with Crippen LogP contribution < -0.4 is 11.1 Å². The zero-order valence-electron chi connectivity index (χ0n) is 10.00. The van der Waals surface area contributed by atoms with E-state index >= 15 is 0 Å². The van der Waals surface area contributed by atoms with E-state index in [-0.39, 0.29) is 6.61 Å². The molecule has 1 rings (SSSR count). The molecule has 5 heteroatoms. The van der Waals surface area contributed by atoms with E-state index in [4.69, 9.17) is 22.1 Å². The van der Waals surface area contributed by atoms with Crippen molar-refractivity contribution >= 4 is 23.2 Å². The summed E-state index contributed by atoms with van der Waals surface area (Å²) in [4.78, 5) is 11.6. The van der Waals surface area contributed by atoms with Crippen LogP contribution in [-0.2, 0) is 9.53 Å². The molecule has 17 heavy (non-hydrogen) atoms. The molecule has 1 atom stereocenters. The van der Waals surface area contributed by atoms with Gasteiger partial charge in [0.2, 0.25) is 5.91 Å². The third-order valence-electron chi connectivity index (χ3n) is 2.71. The summed E-state index contributed by atoms with van der Waals surface area (Å²) in [7, 11) is 1.53. The number of methoxy groups -OCH3 is 1. The highest BCUT2D eigenvalue weighted by atomic mass is 35.5. The Morgan fingerprint density at radius 3 is 2.65 bits per heavy atom. The molecule has 0 aliphatic rings. The zero-order valence-corrected chi connectivity index (χ0v) is 10.8. The Labute approximate surface area is 106 Å². The number of ether oxygens (including phenoxy) is 1. The number of hydrogen-bond acceptors (Lipinski definition) is 3. The summed E-state index contributed by atoms with van der Waals surface area (Å²) >= 11 is 6.04. The van der Waals surface area contributed by atoms with Gasteiger partial charge in [-0.25, -0.2) is 0 Å². The van der Waals surface area contributed by atoms with Crippen molar-refractivity contribution < 1.29 is 9.53 Å². The van der Waals surface area contributed by atoms with E-state index in [0.717, 1.165) is 0 Å². The number of carbonyl (C=O) groups excluding carboxylic acids is 1. The van der Waals surface area contributed by atoms with Gasteiger partial charge in [0.15, 0.2) is 0 Å². The van der Waals surface area contributed by atoms with Gasteiger partial charge in [0, 0.05) is 7.11 Å². The van der Waals surface area contributed by atoms with E-state index in [1.165, 1.54) is 7.11 Å². The lowest BCUT2D eigenvalue weighted by molar-refractivity contribution is -0.124. The molecule has 1 aromatic carbocycles. The first-order valence-electron chi connectivity index (χ1n) is 5.37. The maximum Gasteiger partial charge on any atom is 0.245 e. The van der Waals surface area contributed by atoms with Crippen LogP contribution in [0.3, 0.4) is 0 Å². The van der Waals surface area contributed by atoms with Crippen molar-refractivity contribution in [2.45, 2.75) is 18.9 Å². The van der Waals surface area contributed by atoms with Crippen molar-refractivity contribution in [2.75, 3.05) is 19.0 Å². The average Bonchev–Trinajstić information content (AvgIpc) is 2.31. The second-order valence-electron chi connectivity index (χ2n) is 3.84. The number of nitrogens with one attached hydrogen (secondary N) is 1. The number of halogens is 1. The van der Waals surface area contributed by atoms with Gasteiger partial charge in [0.05, 0.1) is 17.3 Å². The van der Waals surface area contributed by atoms with Gasteiger partial charge >= 0.3 is 0 Å². The van der Waals surface area contributed by atoms with Crippen molar-refractivity contribution in [3.8, 4) is 0 Å². The van der Waals surface area contributed by atoms with Crippen LogP contribution in [0.15, 0.2) is 24.3 Å². The molecule has 94 valence electrons. The van der Waals surface area contributed by atoms with Crippen molar-refractivity contribution in [3.63, 3.8) is 0 Å². The first-order valence-corrected chi connectivity index (χ1v) is 5.75. The molecule has 1 unspecified atom stereocenters. The van der Waals surface area contributed by atoms with Crippen LogP contribution >= 0.6 is 11.6 Å². The summed E-state index contributed by atoms with van der Waals surface area (Å²) in [6.07, 6.45) is 0.515. The number of rotatable bonds is 6. The number of anilines is 1. The first-order chi connectivity index (χ1) is 8.05. The molecular weight excluding hydrogens is 240 g/mol. The quantitative estimate of drug-likeness (QED) is 0.819. The Kier molecular flexibility index (Phi) is 4.78. The van der Waals surface area contributed by atoms with Crippen LogP contribution in [-0.4, -0.2) is 25.2 Å². The summed E-state index contributed by atoms with van der Waals surface area (Å²) in [5, 5.41) is 3.62. The normalized spacial score (nSPS) is 14.1. The molecule has 0 heterocycles. The van der Waals surface area contributed by atoms with E-state index in [2.05, 4.69) is 5.32 Å². The molecule has 0 bridgehead atoms. The van der Waals surface area contributed by atoms with Crippen LogP contribution in [0.2, 0.25) is 5.02 Å². The predicted molar refractivity (Wildman–Crippen MR) is 69.2 cm³/mol. The Morgan fingerprint density at radius 1 is 1.53 bits per heavy atom. The lowest BCUT2D eigenvalue weighted by atomic mass is 9.95. The van der Waals surface area contributed by atoms with Crippen molar-refractivity contribution in [1.29, 1.82) is 0 Å². The van der Waals surface area contributed by atoms with Gasteiger partial charge in [-0.1, -0.05) is 30.7 Å². The fraction of sp³-hybridized carbons (Fsp3) is 0.417. The second-order valence-corrected chi connectivity index (χ2v) is 4.24. The van der Waals surface area contributed by atoms with Crippen LogP contribution in [0.1, 0.15) is 13.3 Å². The van der Waals surface area contributed by atoms with Gasteiger partial charge in [-0.2, -0.15) is 0 Å². The summed E-state index contributed by atoms with van der Waals surface area (Å²) in [5.74, 6) is -0.457. The number of benzene rings is 1. The van der Waals surface area contributed by atoms with Gasteiger partial charge in [-0.15, -0.1) is 0 Å². The SMILES string of the molecule is CCC(COC)(Nc1ccccc1Cl)C(N)=O. The molecule has 0 saturated heterocycles. The minimum Gasteiger partial charge on any atom is -0.382 e. The number of hydrogen-bond donors (Lipinski definition) is 2. The molecular formula is C12H17ClN2O2. The molecule has 0 spiro atoms. The molecule has 0 aliphatic heterocycles. The molecule has 0 aromatic heterocycles. The Morgan fingerprint density at radius 2 is 2.18 bits per heavy atom. The van der Waals surface area contributed by atoms with Gasteiger partial charge in [0.25, 0.3) is 0 Å². The van der Waals surface area contributed by atoms with Crippen LogP contribution in [0.25, 0.3) is 0 Å². The van der Waals surface area contributed by atoms with E-state index < -0.39 is 11.4 Å². The molecule has 1 amide bonds. The van der Waals surface area contributed by atoms with E-state index in [1.54, 1.807) is 12.1 Å². The minimum absolute atomic E-state index is 0.198. The zero-order chi connectivity index (χ0) is 12.9. The van der Waals surface area contributed by atoms with Crippen molar-refractivity contribution in [3.05, 3.63) is 29.3 Å². The Bertz CT molecular complexity index is 398. The molecule has 4 nitrogen and oxygen atoms in total. The maximum atomic E-state index is 11.6. The maximum absolute atomic E-state index is 11.6. The minimum atomic E-state index is -0.931. The van der Waals surface area contributed by atoms with E-state index in [1.807, 2.05) is 19.1 Å². The number of para-hydroxylation sites is 1. The largest absolute Gasteiger partial charge is 0.382 e. The second kappa shape index (κ2) is 5.89. The summed E-state index contributed by atoms with van der Waals surface area (Å²) in [5.41, 5.74) is 5.18. The van der Waals surface area contributed by atoms with Gasteiger partial charge in [-0.05, 0) is 18.6 Å². The number of carbonyl (C=O) groups is 1. The van der Waals surface area contributed by atoms with E-state index in [9.17, 15) is 4.79 Å². The van der Waals surface area contributed by atoms with Gasteiger partial charge in [0.1, 0.15) is 5.54 Å². The highest BCUT2D eigenvalue weighted by Gasteiger charge is 2.35. The van der Waals surface area contributed by atoms with Crippen molar-refractivity contribution in [2.24, 2.45) is 5.73 Å². The van der Waals surface area contributed by atoms with Crippen molar-refractivity contribution in [1.82, 2.24) is 0 Å². The summed E-state index contributed by atoms with van der Waals surface area (Å²) in [6.45, 7) is 2.07. The lowest BCUT2D eigenvalue weighted by Gasteiger charge is -2.31. The smallest absolute Gasteiger partial charge is 0.245 e. The number of amides is 1.